The number of nitrogens with one attached hydrogen (secondary N) is 3. The number of carbonyl (C=O) groups is 3. The fourth-order valence-corrected chi connectivity index (χ4v) is 0.774. The van der Waals surface area contributed by atoms with Gasteiger partial charge in [0.05, 0.1) is 6.42 Å². The van der Waals surface area contributed by atoms with Crippen molar-refractivity contribution in [3.8, 4) is 0 Å². The van der Waals surface area contributed by atoms with Gasteiger partial charge in [-0.3, -0.25) is 14.9 Å². The topological polar surface area (TPSA) is 108 Å². The van der Waals surface area contributed by atoms with E-state index in [1.807, 2.05) is 0 Å². The van der Waals surface area contributed by atoms with Crippen LogP contribution in [0.2, 0.25) is 0 Å². The molecule has 0 unspecified atom stereocenters. The maximum atomic E-state index is 11.0. The van der Waals surface area contributed by atoms with Gasteiger partial charge in [-0.15, -0.1) is 0 Å². The fourth-order valence-electron chi connectivity index (χ4n) is 0.774. The summed E-state index contributed by atoms with van der Waals surface area (Å²) >= 11 is 0. The number of carboxylic acid groups (broad SMARTS) is 1. The van der Waals surface area contributed by atoms with Crippen molar-refractivity contribution >= 4 is 17.9 Å². The van der Waals surface area contributed by atoms with Crippen LogP contribution < -0.4 is 16.0 Å². The highest BCUT2D eigenvalue weighted by Crippen LogP contribution is 1.79. The summed E-state index contributed by atoms with van der Waals surface area (Å²) in [5.74, 6) is -1.30. The van der Waals surface area contributed by atoms with Crippen LogP contribution >= 0.6 is 0 Å². The molecule has 86 valence electrons. The number of carbonyl (C=O) groups excluding carboxylic acids is 2. The highest BCUT2D eigenvalue weighted by Gasteiger charge is 2.04. The van der Waals surface area contributed by atoms with Gasteiger partial charge in [-0.2, -0.15) is 0 Å². The van der Waals surface area contributed by atoms with E-state index in [-0.39, 0.29) is 12.8 Å². The first-order valence-corrected chi connectivity index (χ1v) is 4.50. The minimum atomic E-state index is -0.891. The third kappa shape index (κ3) is 8.69. The number of rotatable bonds is 6. The van der Waals surface area contributed by atoms with Crippen molar-refractivity contribution in [2.45, 2.75) is 12.8 Å². The van der Waals surface area contributed by atoms with Crippen molar-refractivity contribution < 1.29 is 19.5 Å². The van der Waals surface area contributed by atoms with Crippen molar-refractivity contribution in [3.63, 3.8) is 0 Å². The first-order valence-electron chi connectivity index (χ1n) is 4.50. The van der Waals surface area contributed by atoms with Crippen LogP contribution in [0.4, 0.5) is 4.79 Å². The smallest absolute Gasteiger partial charge is 0.321 e. The molecule has 0 rings (SSSR count). The molecule has 0 radical (unpaired) electrons. The van der Waals surface area contributed by atoms with Gasteiger partial charge in [0.1, 0.15) is 0 Å². The second-order valence-corrected chi connectivity index (χ2v) is 2.77. The van der Waals surface area contributed by atoms with Gasteiger partial charge >= 0.3 is 12.0 Å². The van der Waals surface area contributed by atoms with Gasteiger partial charge in [-0.05, 0) is 0 Å². The average molecular weight is 217 g/mol. The zero-order valence-electron chi connectivity index (χ0n) is 8.50. The van der Waals surface area contributed by atoms with Crippen LogP contribution in [-0.2, 0) is 9.59 Å². The molecule has 0 aliphatic carbocycles. The summed E-state index contributed by atoms with van der Waals surface area (Å²) in [5, 5.41) is 15.4. The largest absolute Gasteiger partial charge is 0.481 e. The predicted molar refractivity (Wildman–Crippen MR) is 52.3 cm³/mol. The lowest BCUT2D eigenvalue weighted by Gasteiger charge is -2.03. The van der Waals surface area contributed by atoms with Gasteiger partial charge in [0.25, 0.3) is 0 Å². The van der Waals surface area contributed by atoms with Gasteiger partial charge in [-0.1, -0.05) is 0 Å². The molecule has 15 heavy (non-hydrogen) atoms. The van der Waals surface area contributed by atoms with E-state index in [1.165, 1.54) is 7.05 Å². The van der Waals surface area contributed by atoms with Crippen LogP contribution in [0.1, 0.15) is 12.8 Å². The lowest BCUT2D eigenvalue weighted by atomic mass is 10.3. The van der Waals surface area contributed by atoms with Crippen LogP contribution in [0.5, 0.6) is 0 Å². The van der Waals surface area contributed by atoms with E-state index in [0.717, 1.165) is 0 Å². The number of carboxylic acids is 1. The monoisotopic (exact) mass is 217 g/mol. The molecule has 0 aliphatic rings. The number of aliphatic carboxylic acids is 1. The molecular formula is C8H15N3O4. The van der Waals surface area contributed by atoms with E-state index < -0.39 is 17.9 Å². The minimum absolute atomic E-state index is 0.0110. The molecule has 0 saturated carbocycles. The summed E-state index contributed by atoms with van der Waals surface area (Å²) in [6.07, 6.45) is 0.143. The molecule has 0 heterocycles. The Balaban J connectivity index is 3.39. The minimum Gasteiger partial charge on any atom is -0.481 e. The van der Waals surface area contributed by atoms with Crippen LogP contribution in [0.25, 0.3) is 0 Å². The van der Waals surface area contributed by atoms with Crippen molar-refractivity contribution in [1.29, 1.82) is 0 Å². The lowest BCUT2D eigenvalue weighted by Crippen LogP contribution is -2.38. The number of hydrogen-bond donors (Lipinski definition) is 4. The van der Waals surface area contributed by atoms with E-state index >= 15 is 0 Å². The Morgan fingerprint density at radius 2 is 1.73 bits per heavy atom. The van der Waals surface area contributed by atoms with Gasteiger partial charge in [0, 0.05) is 26.6 Å². The third-order valence-electron chi connectivity index (χ3n) is 1.52. The Morgan fingerprint density at radius 3 is 2.27 bits per heavy atom. The van der Waals surface area contributed by atoms with Gasteiger partial charge < -0.3 is 15.7 Å². The van der Waals surface area contributed by atoms with E-state index in [1.54, 1.807) is 0 Å². The molecule has 0 aromatic rings. The summed E-state index contributed by atoms with van der Waals surface area (Å²) in [5.41, 5.74) is 0. The SMILES string of the molecule is CNC(=O)NC(=O)CCNCCC(=O)O. The van der Waals surface area contributed by atoms with E-state index in [4.69, 9.17) is 5.11 Å². The van der Waals surface area contributed by atoms with Gasteiger partial charge in [0.2, 0.25) is 5.91 Å². The number of urea groups is 1. The molecular weight excluding hydrogens is 202 g/mol. The second-order valence-electron chi connectivity index (χ2n) is 2.77. The van der Waals surface area contributed by atoms with Crippen molar-refractivity contribution in [2.75, 3.05) is 20.1 Å². The Morgan fingerprint density at radius 1 is 1.13 bits per heavy atom. The Kier molecular flexibility index (Phi) is 6.90. The van der Waals surface area contributed by atoms with Crippen LogP contribution in [-0.4, -0.2) is 43.2 Å². The first kappa shape index (κ1) is 13.4. The molecule has 0 saturated heterocycles. The van der Waals surface area contributed by atoms with E-state index in [9.17, 15) is 14.4 Å². The second kappa shape index (κ2) is 7.74. The molecule has 0 fully saturated rings. The Bertz CT molecular complexity index is 242. The van der Waals surface area contributed by atoms with Gasteiger partial charge in [-0.25, -0.2) is 4.79 Å². The Labute approximate surface area is 87.2 Å². The molecule has 0 aromatic heterocycles. The summed E-state index contributed by atoms with van der Waals surface area (Å²) < 4.78 is 0. The molecule has 7 heteroatoms. The standard InChI is InChI=1S/C8H15N3O4/c1-9-8(15)11-6(12)2-4-10-5-3-7(13)14/h10H,2-5H2,1H3,(H,13,14)(H2,9,11,12,15). The number of imide groups is 1. The quantitative estimate of drug-likeness (QED) is 0.422. The maximum absolute atomic E-state index is 11.0. The average Bonchev–Trinajstić information content (AvgIpc) is 2.16. The zero-order chi connectivity index (χ0) is 11.7. The fraction of sp³-hybridized carbons (Fsp3) is 0.625. The maximum Gasteiger partial charge on any atom is 0.321 e. The predicted octanol–water partition coefficient (Wildman–Crippen LogP) is -1.10. The highest BCUT2D eigenvalue weighted by molar-refractivity contribution is 5.94. The summed E-state index contributed by atoms with van der Waals surface area (Å²) in [7, 11) is 1.41. The van der Waals surface area contributed by atoms with Crippen LogP contribution in [0.3, 0.4) is 0 Å². The highest BCUT2D eigenvalue weighted by atomic mass is 16.4. The molecule has 4 N–H and O–H groups in total. The molecule has 0 bridgehead atoms. The van der Waals surface area contributed by atoms with E-state index in [0.29, 0.717) is 13.1 Å². The molecule has 0 atom stereocenters. The molecule has 0 aliphatic heterocycles. The Hall–Kier alpha value is -1.63. The third-order valence-corrected chi connectivity index (χ3v) is 1.52. The summed E-state index contributed by atoms with van der Waals surface area (Å²) in [4.78, 5) is 31.7. The summed E-state index contributed by atoms with van der Waals surface area (Å²) in [6.45, 7) is 0.651. The van der Waals surface area contributed by atoms with Crippen LogP contribution in [0.15, 0.2) is 0 Å². The molecule has 3 amide bonds. The van der Waals surface area contributed by atoms with Crippen molar-refractivity contribution in [3.05, 3.63) is 0 Å². The van der Waals surface area contributed by atoms with Crippen molar-refractivity contribution in [2.24, 2.45) is 0 Å². The number of hydrogen-bond acceptors (Lipinski definition) is 4. The summed E-state index contributed by atoms with van der Waals surface area (Å²) in [6, 6.07) is -0.550. The molecule has 0 spiro atoms. The molecule has 0 aromatic carbocycles. The lowest BCUT2D eigenvalue weighted by molar-refractivity contribution is -0.136. The van der Waals surface area contributed by atoms with Crippen molar-refractivity contribution in [1.82, 2.24) is 16.0 Å². The number of amides is 3. The first-order chi connectivity index (χ1) is 7.06. The van der Waals surface area contributed by atoms with E-state index in [2.05, 4.69) is 16.0 Å². The van der Waals surface area contributed by atoms with Gasteiger partial charge in [0.15, 0.2) is 0 Å². The normalized spacial score (nSPS) is 9.40. The van der Waals surface area contributed by atoms with Crippen LogP contribution in [0, 0.1) is 0 Å². The zero-order valence-corrected chi connectivity index (χ0v) is 8.50. The molecule has 7 nitrogen and oxygen atoms in total.